The second-order valence-corrected chi connectivity index (χ2v) is 1.30. The fraction of sp³-hybridized carbons (Fsp3) is 0. The van der Waals surface area contributed by atoms with E-state index in [0.29, 0.717) is 5.69 Å². The van der Waals surface area contributed by atoms with Crippen LogP contribution >= 0.6 is 0 Å². The van der Waals surface area contributed by atoms with Gasteiger partial charge in [0.15, 0.2) is 0 Å². The van der Waals surface area contributed by atoms with Crippen LogP contribution in [0.3, 0.4) is 0 Å². The van der Waals surface area contributed by atoms with Crippen LogP contribution in [0.25, 0.3) is 5.41 Å². The molecular formula is C6H4KN2-. The van der Waals surface area contributed by atoms with Gasteiger partial charge in [-0.3, -0.25) is 11.2 Å². The largest absolute Gasteiger partial charge is 1.00 e. The molecule has 0 atom stereocenters. The molecule has 1 aromatic rings. The molecule has 0 fully saturated rings. The van der Waals surface area contributed by atoms with Gasteiger partial charge in [0.1, 0.15) is 0 Å². The molecule has 0 saturated carbocycles. The zero-order chi connectivity index (χ0) is 5.82. The summed E-state index contributed by atoms with van der Waals surface area (Å²) in [4.78, 5) is 3.74. The Bertz CT molecular complexity index is 174. The van der Waals surface area contributed by atoms with Crippen molar-refractivity contribution in [2.75, 3.05) is 0 Å². The monoisotopic (exact) mass is 143 g/mol. The van der Waals surface area contributed by atoms with E-state index >= 15 is 0 Å². The van der Waals surface area contributed by atoms with Gasteiger partial charge in [0.2, 0.25) is 0 Å². The number of aromatic nitrogens is 1. The van der Waals surface area contributed by atoms with Crippen LogP contribution in [0.5, 0.6) is 0 Å². The summed E-state index contributed by atoms with van der Waals surface area (Å²) in [7, 11) is 0. The molecule has 0 aliphatic carbocycles. The van der Waals surface area contributed by atoms with Gasteiger partial charge >= 0.3 is 51.4 Å². The van der Waals surface area contributed by atoms with Gasteiger partial charge in [0.05, 0.1) is 0 Å². The van der Waals surface area contributed by atoms with Crippen LogP contribution in [0, 0.1) is 6.07 Å². The first-order chi connectivity index (χ1) is 3.93. The van der Waals surface area contributed by atoms with Crippen molar-refractivity contribution in [2.24, 2.45) is 0 Å². The Balaban J connectivity index is 0.000000640. The topological polar surface area (TPSA) is 35.2 Å². The first-order valence-electron chi connectivity index (χ1n) is 2.23. The fourth-order valence-electron chi connectivity index (χ4n) is 0.408. The number of hydrogen-bond acceptors (Lipinski definition) is 1. The van der Waals surface area contributed by atoms with Crippen molar-refractivity contribution in [3.05, 3.63) is 35.5 Å². The van der Waals surface area contributed by atoms with E-state index in [2.05, 4.69) is 11.1 Å². The van der Waals surface area contributed by atoms with E-state index in [1.807, 2.05) is 0 Å². The van der Waals surface area contributed by atoms with Crippen molar-refractivity contribution in [2.45, 2.75) is 0 Å². The molecule has 0 spiro atoms. The summed E-state index contributed by atoms with van der Waals surface area (Å²) < 4.78 is 0. The molecular weight excluding hydrogens is 139 g/mol. The first kappa shape index (κ1) is 9.46. The van der Waals surface area contributed by atoms with Crippen molar-refractivity contribution in [1.82, 2.24) is 4.98 Å². The molecule has 0 N–H and O–H groups in total. The molecule has 3 heteroatoms. The van der Waals surface area contributed by atoms with Crippen LogP contribution in [0.1, 0.15) is 5.69 Å². The maximum atomic E-state index is 8.32. The Morgan fingerprint density at radius 3 is 2.78 bits per heavy atom. The molecule has 0 unspecified atom stereocenters. The summed E-state index contributed by atoms with van der Waals surface area (Å²) in [6.07, 6.45) is 2.51. The minimum atomic E-state index is 0. The molecule has 0 bridgehead atoms. The standard InChI is InChI=1S/C6H4N2.K/c7-5-6-3-1-2-4-8-6;/h1-2,4-5H;/q-2;+1. The third kappa shape index (κ3) is 3.22. The van der Waals surface area contributed by atoms with Gasteiger partial charge in [-0.25, -0.2) is 0 Å². The molecule has 0 saturated heterocycles. The third-order valence-electron chi connectivity index (χ3n) is 0.749. The van der Waals surface area contributed by atoms with Crippen molar-refractivity contribution < 1.29 is 51.4 Å². The van der Waals surface area contributed by atoms with E-state index in [9.17, 15) is 0 Å². The predicted molar refractivity (Wildman–Crippen MR) is 31.6 cm³/mol. The van der Waals surface area contributed by atoms with Crippen molar-refractivity contribution in [3.63, 3.8) is 0 Å². The van der Waals surface area contributed by atoms with Crippen LogP contribution in [0.4, 0.5) is 0 Å². The van der Waals surface area contributed by atoms with E-state index in [1.54, 1.807) is 18.3 Å². The molecule has 0 aliphatic heterocycles. The van der Waals surface area contributed by atoms with Crippen molar-refractivity contribution >= 4 is 6.21 Å². The Morgan fingerprint density at radius 2 is 2.44 bits per heavy atom. The second kappa shape index (κ2) is 5.26. The molecule has 0 amide bonds. The normalized spacial score (nSPS) is 7.56. The molecule has 0 radical (unpaired) electrons. The Morgan fingerprint density at radius 1 is 1.67 bits per heavy atom. The van der Waals surface area contributed by atoms with E-state index < -0.39 is 0 Å². The number of hydrogen-bond donors (Lipinski definition) is 0. The van der Waals surface area contributed by atoms with Crippen LogP contribution in [0.2, 0.25) is 0 Å². The van der Waals surface area contributed by atoms with Gasteiger partial charge in [-0.1, -0.05) is 5.69 Å². The zero-order valence-corrected chi connectivity index (χ0v) is 8.33. The Labute approximate surface area is 96.6 Å². The molecule has 40 valence electrons. The maximum Gasteiger partial charge on any atom is 1.00 e. The van der Waals surface area contributed by atoms with Crippen LogP contribution in [0.15, 0.2) is 18.3 Å². The van der Waals surface area contributed by atoms with E-state index in [4.69, 9.17) is 5.41 Å². The molecule has 1 rings (SSSR count). The molecule has 9 heavy (non-hydrogen) atoms. The van der Waals surface area contributed by atoms with Crippen molar-refractivity contribution in [1.29, 1.82) is 0 Å². The maximum absolute atomic E-state index is 8.32. The van der Waals surface area contributed by atoms with Crippen LogP contribution in [-0.2, 0) is 0 Å². The average molecular weight is 143 g/mol. The second-order valence-electron chi connectivity index (χ2n) is 1.30. The van der Waals surface area contributed by atoms with Crippen LogP contribution in [-0.4, -0.2) is 11.2 Å². The van der Waals surface area contributed by atoms with Crippen LogP contribution < -0.4 is 51.4 Å². The summed E-state index contributed by atoms with van der Waals surface area (Å²) >= 11 is 0. The summed E-state index contributed by atoms with van der Waals surface area (Å²) in [5.41, 5.74) is 0.465. The van der Waals surface area contributed by atoms with Gasteiger partial charge in [-0.2, -0.15) is 12.1 Å². The Hall–Kier alpha value is 0.456. The Kier molecular flexibility index (Phi) is 5.52. The number of pyridine rings is 1. The average Bonchev–Trinajstić information content (AvgIpc) is 1.90. The van der Waals surface area contributed by atoms with Gasteiger partial charge in [0, 0.05) is 0 Å². The smallest absolute Gasteiger partial charge is 0.877 e. The van der Waals surface area contributed by atoms with E-state index in [1.165, 1.54) is 0 Å². The third-order valence-corrected chi connectivity index (χ3v) is 0.749. The molecule has 1 aromatic heterocycles. The van der Waals surface area contributed by atoms with Gasteiger partial charge in [-0.05, 0) is 6.20 Å². The molecule has 2 nitrogen and oxygen atoms in total. The summed E-state index contributed by atoms with van der Waals surface area (Å²) in [5, 5.41) is 8.32. The summed E-state index contributed by atoms with van der Waals surface area (Å²) in [5.74, 6) is 0. The SMILES string of the molecule is [K+].[N-]=Cc1[c-]cccn1. The van der Waals surface area contributed by atoms with Gasteiger partial charge in [-0.15, -0.1) is 6.07 Å². The quantitative estimate of drug-likeness (QED) is 0.251. The number of nitrogens with zero attached hydrogens (tertiary/aromatic N) is 2. The zero-order valence-electron chi connectivity index (χ0n) is 5.20. The summed E-state index contributed by atoms with van der Waals surface area (Å²) in [6, 6.07) is 6.13. The fourth-order valence-corrected chi connectivity index (χ4v) is 0.408. The van der Waals surface area contributed by atoms with Gasteiger partial charge < -0.3 is 5.41 Å². The number of rotatable bonds is 1. The van der Waals surface area contributed by atoms with Crippen molar-refractivity contribution in [3.8, 4) is 0 Å². The van der Waals surface area contributed by atoms with Gasteiger partial charge in [0.25, 0.3) is 0 Å². The minimum Gasteiger partial charge on any atom is -0.877 e. The molecule has 0 aliphatic rings. The first-order valence-corrected chi connectivity index (χ1v) is 2.23. The molecule has 0 aromatic carbocycles. The van der Waals surface area contributed by atoms with E-state index in [0.717, 1.165) is 6.21 Å². The summed E-state index contributed by atoms with van der Waals surface area (Å²) in [6.45, 7) is 0. The minimum absolute atomic E-state index is 0. The molecule has 1 heterocycles. The van der Waals surface area contributed by atoms with E-state index in [-0.39, 0.29) is 51.4 Å². The predicted octanol–water partition coefficient (Wildman–Crippen LogP) is -2.13.